The molecule has 3 aromatic rings. The van der Waals surface area contributed by atoms with Crippen molar-refractivity contribution < 1.29 is 22.0 Å². The van der Waals surface area contributed by atoms with Crippen molar-refractivity contribution >= 4 is 17.1 Å². The first-order valence-electron chi connectivity index (χ1n) is 6.87. The summed E-state index contributed by atoms with van der Waals surface area (Å²) in [6.45, 7) is 1.41. The second kappa shape index (κ2) is 6.08. The summed E-state index contributed by atoms with van der Waals surface area (Å²) in [5, 5.41) is 3.72. The highest BCUT2D eigenvalue weighted by Gasteiger charge is 2.24. The third kappa shape index (κ3) is 2.67. The average molecular weight is 353 g/mol. The van der Waals surface area contributed by atoms with E-state index in [-0.39, 0.29) is 11.2 Å². The van der Waals surface area contributed by atoms with Crippen molar-refractivity contribution in [1.29, 1.82) is 0 Å². The molecule has 2 aromatic carbocycles. The Hall–Kier alpha value is -3.10. The van der Waals surface area contributed by atoms with Crippen LogP contribution in [0.4, 0.5) is 22.0 Å². The fourth-order valence-electron chi connectivity index (χ4n) is 2.22. The van der Waals surface area contributed by atoms with Crippen LogP contribution in [0.1, 0.15) is 11.4 Å². The number of aromatic nitrogens is 2. The molecule has 4 nitrogen and oxygen atoms in total. The van der Waals surface area contributed by atoms with Gasteiger partial charge < -0.3 is 0 Å². The first kappa shape index (κ1) is 16.7. The second-order valence-corrected chi connectivity index (χ2v) is 5.02. The number of halogens is 5. The molecule has 0 atom stereocenters. The van der Waals surface area contributed by atoms with Gasteiger partial charge in [-0.15, -0.1) is 0 Å². The van der Waals surface area contributed by atoms with Gasteiger partial charge >= 0.3 is 0 Å². The second-order valence-electron chi connectivity index (χ2n) is 5.02. The van der Waals surface area contributed by atoms with Gasteiger partial charge in [0.05, 0.1) is 22.7 Å². The predicted molar refractivity (Wildman–Crippen MR) is 80.0 cm³/mol. The van der Waals surface area contributed by atoms with Crippen LogP contribution in [0.5, 0.6) is 0 Å². The molecule has 128 valence electrons. The van der Waals surface area contributed by atoms with Gasteiger partial charge in [-0.1, -0.05) is 12.1 Å². The summed E-state index contributed by atoms with van der Waals surface area (Å²) in [4.78, 5) is 16.4. The fourth-order valence-corrected chi connectivity index (χ4v) is 2.22. The highest BCUT2D eigenvalue weighted by Crippen LogP contribution is 2.21. The van der Waals surface area contributed by atoms with Crippen molar-refractivity contribution in [2.75, 3.05) is 0 Å². The predicted octanol–water partition coefficient (Wildman–Crippen LogP) is 3.28. The van der Waals surface area contributed by atoms with Gasteiger partial charge in [0.2, 0.25) is 5.82 Å². The van der Waals surface area contributed by atoms with Crippen molar-refractivity contribution in [3.05, 3.63) is 75.1 Å². The van der Waals surface area contributed by atoms with E-state index in [9.17, 15) is 26.7 Å². The number of aryl methyl sites for hydroxylation is 1. The average Bonchev–Trinajstić information content (AvgIpc) is 2.60. The van der Waals surface area contributed by atoms with Crippen LogP contribution in [-0.2, 0) is 0 Å². The summed E-state index contributed by atoms with van der Waals surface area (Å²) in [7, 11) is 0. The number of hydrogen-bond donors (Lipinski definition) is 0. The Kier molecular flexibility index (Phi) is 4.07. The van der Waals surface area contributed by atoms with Gasteiger partial charge in [-0.25, -0.2) is 26.9 Å². The fraction of sp³-hybridized carbons (Fsp3) is 0.0625. The first-order chi connectivity index (χ1) is 11.8. The Morgan fingerprint density at radius 2 is 1.52 bits per heavy atom. The molecule has 0 aliphatic heterocycles. The van der Waals surface area contributed by atoms with Crippen LogP contribution in [0.2, 0.25) is 0 Å². The molecule has 0 spiro atoms. The molecule has 0 unspecified atom stereocenters. The lowest BCUT2D eigenvalue weighted by Gasteiger charge is -2.06. The Labute approximate surface area is 136 Å². The number of hydrogen-bond acceptors (Lipinski definition) is 3. The summed E-state index contributed by atoms with van der Waals surface area (Å²) in [5.74, 6) is -10.5. The van der Waals surface area contributed by atoms with Crippen LogP contribution < -0.4 is 5.56 Å². The standard InChI is InChI=1S/C16H8F5N3O/c1-7-23-10-5-3-2-4-8(10)16(25)24(7)22-6-9-11(17)13(19)15(21)14(20)12(9)18/h2-6H,1H3/b22-6-. The molecule has 1 heterocycles. The third-order valence-corrected chi connectivity index (χ3v) is 3.46. The topological polar surface area (TPSA) is 47.2 Å². The van der Waals surface area contributed by atoms with E-state index in [2.05, 4.69) is 10.1 Å². The number of fused-ring (bicyclic) bond motifs is 1. The maximum atomic E-state index is 13.6. The SMILES string of the molecule is Cc1nc2ccccc2c(=O)n1/N=C\c1c(F)c(F)c(F)c(F)c1F. The monoisotopic (exact) mass is 353 g/mol. The van der Waals surface area contributed by atoms with Gasteiger partial charge in [0.15, 0.2) is 23.3 Å². The summed E-state index contributed by atoms with van der Waals surface area (Å²) in [6.07, 6.45) is 0.390. The van der Waals surface area contributed by atoms with Crippen LogP contribution in [-0.4, -0.2) is 15.9 Å². The highest BCUT2D eigenvalue weighted by molar-refractivity contribution is 5.81. The molecule has 3 rings (SSSR count). The lowest BCUT2D eigenvalue weighted by molar-refractivity contribution is 0.377. The molecule has 9 heteroatoms. The van der Waals surface area contributed by atoms with Crippen molar-refractivity contribution in [2.24, 2.45) is 5.10 Å². The zero-order valence-corrected chi connectivity index (χ0v) is 12.5. The lowest BCUT2D eigenvalue weighted by atomic mass is 10.2. The Morgan fingerprint density at radius 1 is 0.960 bits per heavy atom. The summed E-state index contributed by atoms with van der Waals surface area (Å²) in [6, 6.07) is 6.30. The highest BCUT2D eigenvalue weighted by atomic mass is 19.2. The molecule has 0 amide bonds. The quantitative estimate of drug-likeness (QED) is 0.307. The van der Waals surface area contributed by atoms with Crippen LogP contribution in [0.3, 0.4) is 0 Å². The van der Waals surface area contributed by atoms with E-state index in [1.54, 1.807) is 18.2 Å². The van der Waals surface area contributed by atoms with Crippen LogP contribution >= 0.6 is 0 Å². The van der Waals surface area contributed by atoms with Crippen LogP contribution in [0.25, 0.3) is 10.9 Å². The molecule has 1 aromatic heterocycles. The third-order valence-electron chi connectivity index (χ3n) is 3.46. The number of rotatable bonds is 2. The van der Waals surface area contributed by atoms with Gasteiger partial charge in [0.25, 0.3) is 5.56 Å². The van der Waals surface area contributed by atoms with E-state index < -0.39 is 40.2 Å². The zero-order valence-electron chi connectivity index (χ0n) is 12.5. The van der Waals surface area contributed by atoms with E-state index in [4.69, 9.17) is 0 Å². The Balaban J connectivity index is 2.19. The maximum Gasteiger partial charge on any atom is 0.282 e. The smallest absolute Gasteiger partial charge is 0.267 e. The Bertz CT molecular complexity index is 1060. The van der Waals surface area contributed by atoms with Gasteiger partial charge in [-0.3, -0.25) is 4.79 Å². The summed E-state index contributed by atoms with van der Waals surface area (Å²) in [5.41, 5.74) is -1.52. The van der Waals surface area contributed by atoms with Crippen molar-refractivity contribution in [2.45, 2.75) is 6.92 Å². The minimum Gasteiger partial charge on any atom is -0.267 e. The minimum atomic E-state index is -2.27. The maximum absolute atomic E-state index is 13.6. The number of para-hydroxylation sites is 1. The lowest BCUT2D eigenvalue weighted by Crippen LogP contribution is -2.21. The zero-order chi connectivity index (χ0) is 18.3. The molecule has 0 radical (unpaired) electrons. The normalized spacial score (nSPS) is 11.6. The van der Waals surface area contributed by atoms with Crippen molar-refractivity contribution in [3.8, 4) is 0 Å². The molecule has 0 saturated carbocycles. The number of nitrogens with zero attached hydrogens (tertiary/aromatic N) is 3. The number of benzene rings is 2. The summed E-state index contributed by atoms with van der Waals surface area (Å²) >= 11 is 0. The molecule has 0 aliphatic rings. The molecule has 0 bridgehead atoms. The molecular formula is C16H8F5N3O. The first-order valence-corrected chi connectivity index (χ1v) is 6.87. The van der Waals surface area contributed by atoms with Gasteiger partial charge in [0.1, 0.15) is 5.82 Å². The van der Waals surface area contributed by atoms with Crippen LogP contribution in [0.15, 0.2) is 34.2 Å². The van der Waals surface area contributed by atoms with Crippen LogP contribution in [0, 0.1) is 36.0 Å². The largest absolute Gasteiger partial charge is 0.282 e. The Morgan fingerprint density at radius 3 is 2.16 bits per heavy atom. The van der Waals surface area contributed by atoms with Gasteiger partial charge in [0, 0.05) is 0 Å². The van der Waals surface area contributed by atoms with Gasteiger partial charge in [-0.05, 0) is 19.1 Å². The van der Waals surface area contributed by atoms with E-state index in [1.807, 2.05) is 0 Å². The molecule has 0 aliphatic carbocycles. The molecule has 0 saturated heterocycles. The van der Waals surface area contributed by atoms with E-state index in [1.165, 1.54) is 13.0 Å². The van der Waals surface area contributed by atoms with E-state index in [0.717, 1.165) is 0 Å². The minimum absolute atomic E-state index is 0.0730. The van der Waals surface area contributed by atoms with Gasteiger partial charge in [-0.2, -0.15) is 9.78 Å². The summed E-state index contributed by atoms with van der Waals surface area (Å²) < 4.78 is 67.4. The molecular weight excluding hydrogens is 345 g/mol. The molecule has 25 heavy (non-hydrogen) atoms. The van der Waals surface area contributed by atoms with Crippen molar-refractivity contribution in [3.63, 3.8) is 0 Å². The molecule has 0 fully saturated rings. The van der Waals surface area contributed by atoms with E-state index in [0.29, 0.717) is 16.4 Å². The van der Waals surface area contributed by atoms with E-state index >= 15 is 0 Å². The van der Waals surface area contributed by atoms with Crippen molar-refractivity contribution in [1.82, 2.24) is 9.66 Å². The molecule has 0 N–H and O–H groups in total.